The van der Waals surface area contributed by atoms with E-state index in [0.717, 1.165) is 17.6 Å². The first kappa shape index (κ1) is 16.4. The van der Waals surface area contributed by atoms with E-state index in [4.69, 9.17) is 4.74 Å². The predicted molar refractivity (Wildman–Crippen MR) is 106 cm³/mol. The standard InChI is InChI=1S/C24H29NO/c1-26-19-6-4-5-17(14-19)22-15-18-11-12-25-23(13-16-9-10-16)24(18)21-8-3-2-7-20(21)22/h2-8,14,16,18,22-25H,9-13,15H2,1H3. The molecule has 2 fully saturated rings. The van der Waals surface area contributed by atoms with Crippen LogP contribution in [0.4, 0.5) is 0 Å². The fourth-order valence-corrected chi connectivity index (χ4v) is 5.50. The van der Waals surface area contributed by atoms with Crippen molar-refractivity contribution >= 4 is 0 Å². The second-order valence-corrected chi connectivity index (χ2v) is 8.51. The van der Waals surface area contributed by atoms with Crippen LogP contribution in [-0.4, -0.2) is 19.7 Å². The second kappa shape index (κ2) is 6.74. The molecule has 2 aromatic carbocycles. The van der Waals surface area contributed by atoms with Gasteiger partial charge in [0.1, 0.15) is 5.75 Å². The molecule has 1 heterocycles. The molecule has 1 N–H and O–H groups in total. The first-order valence-corrected chi connectivity index (χ1v) is 10.3. The molecular formula is C24H29NO. The van der Waals surface area contributed by atoms with E-state index in [1.165, 1.54) is 44.2 Å². The number of rotatable bonds is 4. The third-order valence-electron chi connectivity index (χ3n) is 6.91. The Morgan fingerprint density at radius 3 is 2.65 bits per heavy atom. The molecule has 136 valence electrons. The summed E-state index contributed by atoms with van der Waals surface area (Å²) in [6.07, 6.45) is 6.85. The summed E-state index contributed by atoms with van der Waals surface area (Å²) in [6, 6.07) is 18.6. The van der Waals surface area contributed by atoms with Gasteiger partial charge in [0.15, 0.2) is 0 Å². The highest BCUT2D eigenvalue weighted by molar-refractivity contribution is 5.45. The summed E-state index contributed by atoms with van der Waals surface area (Å²) in [4.78, 5) is 0. The van der Waals surface area contributed by atoms with Gasteiger partial charge in [-0.25, -0.2) is 0 Å². The zero-order valence-corrected chi connectivity index (χ0v) is 15.7. The van der Waals surface area contributed by atoms with E-state index in [-0.39, 0.29) is 0 Å². The Balaban J connectivity index is 1.54. The first-order chi connectivity index (χ1) is 12.8. The molecule has 0 amide bonds. The molecule has 4 unspecified atom stereocenters. The van der Waals surface area contributed by atoms with Crippen LogP contribution in [0, 0.1) is 11.8 Å². The molecule has 0 spiro atoms. The SMILES string of the molecule is COc1cccc(C2CC3CCNC(CC4CC4)C3c3ccccc32)c1. The predicted octanol–water partition coefficient (Wildman–Crippen LogP) is 5.09. The molecular weight excluding hydrogens is 318 g/mol. The molecule has 1 saturated heterocycles. The lowest BCUT2D eigenvalue weighted by atomic mass is 9.63. The average Bonchev–Trinajstić information content (AvgIpc) is 3.51. The third-order valence-corrected chi connectivity index (χ3v) is 6.91. The van der Waals surface area contributed by atoms with Crippen LogP contribution in [0.1, 0.15) is 60.6 Å². The minimum Gasteiger partial charge on any atom is -0.497 e. The van der Waals surface area contributed by atoms with Crippen molar-refractivity contribution in [1.29, 1.82) is 0 Å². The van der Waals surface area contributed by atoms with E-state index in [9.17, 15) is 0 Å². The summed E-state index contributed by atoms with van der Waals surface area (Å²) >= 11 is 0. The molecule has 26 heavy (non-hydrogen) atoms. The molecule has 2 aliphatic carbocycles. The van der Waals surface area contributed by atoms with Crippen molar-refractivity contribution in [2.75, 3.05) is 13.7 Å². The van der Waals surface area contributed by atoms with E-state index in [1.54, 1.807) is 18.2 Å². The monoisotopic (exact) mass is 347 g/mol. The normalized spacial score (nSPS) is 30.3. The van der Waals surface area contributed by atoms with Crippen LogP contribution in [0.15, 0.2) is 48.5 Å². The molecule has 1 saturated carbocycles. The highest BCUT2D eigenvalue weighted by Crippen LogP contribution is 2.51. The van der Waals surface area contributed by atoms with Gasteiger partial charge >= 0.3 is 0 Å². The highest BCUT2D eigenvalue weighted by Gasteiger charge is 2.42. The van der Waals surface area contributed by atoms with Crippen LogP contribution >= 0.6 is 0 Å². The summed E-state index contributed by atoms with van der Waals surface area (Å²) < 4.78 is 5.50. The molecule has 1 aliphatic heterocycles. The number of ether oxygens (including phenoxy) is 1. The topological polar surface area (TPSA) is 21.3 Å². The average molecular weight is 348 g/mol. The van der Waals surface area contributed by atoms with E-state index < -0.39 is 0 Å². The van der Waals surface area contributed by atoms with Crippen molar-refractivity contribution in [1.82, 2.24) is 5.32 Å². The van der Waals surface area contributed by atoms with Gasteiger partial charge in [-0.1, -0.05) is 49.2 Å². The molecule has 2 aromatic rings. The Morgan fingerprint density at radius 2 is 1.85 bits per heavy atom. The van der Waals surface area contributed by atoms with Crippen molar-refractivity contribution in [3.05, 3.63) is 65.2 Å². The Bertz CT molecular complexity index is 781. The van der Waals surface area contributed by atoms with Crippen molar-refractivity contribution < 1.29 is 4.74 Å². The minimum atomic E-state index is 0.502. The van der Waals surface area contributed by atoms with Crippen LogP contribution in [0.25, 0.3) is 0 Å². The summed E-state index contributed by atoms with van der Waals surface area (Å²) in [5.74, 6) is 3.95. The molecule has 0 bridgehead atoms. The summed E-state index contributed by atoms with van der Waals surface area (Å²) in [5, 5.41) is 3.88. The molecule has 0 radical (unpaired) electrons. The number of piperidine rings is 1. The van der Waals surface area contributed by atoms with Gasteiger partial charge in [0.2, 0.25) is 0 Å². The van der Waals surface area contributed by atoms with Crippen LogP contribution in [-0.2, 0) is 0 Å². The van der Waals surface area contributed by atoms with Gasteiger partial charge in [-0.3, -0.25) is 0 Å². The lowest BCUT2D eigenvalue weighted by Gasteiger charge is -2.46. The Kier molecular flexibility index (Phi) is 4.24. The maximum absolute atomic E-state index is 5.50. The number of hydrogen-bond donors (Lipinski definition) is 1. The fraction of sp³-hybridized carbons (Fsp3) is 0.500. The lowest BCUT2D eigenvalue weighted by Crippen LogP contribution is -2.47. The fourth-order valence-electron chi connectivity index (χ4n) is 5.50. The Hall–Kier alpha value is -1.80. The quantitative estimate of drug-likeness (QED) is 0.831. The molecule has 0 aromatic heterocycles. The number of nitrogens with one attached hydrogen (secondary N) is 1. The van der Waals surface area contributed by atoms with Crippen LogP contribution in [0.5, 0.6) is 5.75 Å². The molecule has 2 nitrogen and oxygen atoms in total. The molecule has 5 rings (SSSR count). The molecule has 2 heteroatoms. The van der Waals surface area contributed by atoms with Gasteiger partial charge in [-0.05, 0) is 66.5 Å². The summed E-state index contributed by atoms with van der Waals surface area (Å²) in [6.45, 7) is 1.19. The number of fused-ring (bicyclic) bond motifs is 3. The maximum atomic E-state index is 5.50. The van der Waals surface area contributed by atoms with Gasteiger partial charge in [-0.2, -0.15) is 0 Å². The Labute approximate surface area is 157 Å². The van der Waals surface area contributed by atoms with Crippen LogP contribution in [0.3, 0.4) is 0 Å². The summed E-state index contributed by atoms with van der Waals surface area (Å²) in [5.41, 5.74) is 4.56. The van der Waals surface area contributed by atoms with Gasteiger partial charge in [-0.15, -0.1) is 0 Å². The smallest absolute Gasteiger partial charge is 0.119 e. The van der Waals surface area contributed by atoms with Crippen molar-refractivity contribution in [3.63, 3.8) is 0 Å². The second-order valence-electron chi connectivity index (χ2n) is 8.51. The van der Waals surface area contributed by atoms with Crippen molar-refractivity contribution in [3.8, 4) is 5.75 Å². The molecule has 4 atom stereocenters. The zero-order valence-electron chi connectivity index (χ0n) is 15.7. The third kappa shape index (κ3) is 2.95. The van der Waals surface area contributed by atoms with Gasteiger partial charge in [0.25, 0.3) is 0 Å². The lowest BCUT2D eigenvalue weighted by molar-refractivity contribution is 0.208. The van der Waals surface area contributed by atoms with Crippen molar-refractivity contribution in [2.45, 2.75) is 50.0 Å². The van der Waals surface area contributed by atoms with E-state index in [0.29, 0.717) is 17.9 Å². The number of methoxy groups -OCH3 is 1. The minimum absolute atomic E-state index is 0.502. The van der Waals surface area contributed by atoms with Gasteiger partial charge in [0, 0.05) is 17.9 Å². The van der Waals surface area contributed by atoms with E-state index in [1.807, 2.05) is 0 Å². The molecule has 3 aliphatic rings. The Morgan fingerprint density at radius 1 is 1.00 bits per heavy atom. The highest BCUT2D eigenvalue weighted by atomic mass is 16.5. The summed E-state index contributed by atoms with van der Waals surface area (Å²) in [7, 11) is 1.76. The van der Waals surface area contributed by atoms with Crippen molar-refractivity contribution in [2.24, 2.45) is 11.8 Å². The van der Waals surface area contributed by atoms with Crippen LogP contribution < -0.4 is 10.1 Å². The first-order valence-electron chi connectivity index (χ1n) is 10.3. The van der Waals surface area contributed by atoms with Crippen LogP contribution in [0.2, 0.25) is 0 Å². The number of hydrogen-bond acceptors (Lipinski definition) is 2. The van der Waals surface area contributed by atoms with E-state index >= 15 is 0 Å². The zero-order chi connectivity index (χ0) is 17.5. The number of benzene rings is 2. The van der Waals surface area contributed by atoms with Gasteiger partial charge < -0.3 is 10.1 Å². The van der Waals surface area contributed by atoms with Gasteiger partial charge in [0.05, 0.1) is 7.11 Å². The largest absolute Gasteiger partial charge is 0.497 e. The maximum Gasteiger partial charge on any atom is 0.119 e. The van der Waals surface area contributed by atoms with E-state index in [2.05, 4.69) is 53.8 Å².